The molecule has 126 valence electrons. The quantitative estimate of drug-likeness (QED) is 0.743. The fourth-order valence-electron chi connectivity index (χ4n) is 3.22. The zero-order valence-corrected chi connectivity index (χ0v) is 13.4. The summed E-state index contributed by atoms with van der Waals surface area (Å²) in [6.07, 6.45) is 3.06. The minimum atomic E-state index is -0.618. The summed E-state index contributed by atoms with van der Waals surface area (Å²) >= 11 is 0. The zero-order valence-electron chi connectivity index (χ0n) is 13.4. The normalized spacial score (nSPS) is 20.1. The lowest BCUT2D eigenvalue weighted by atomic mass is 10.1. The van der Waals surface area contributed by atoms with E-state index in [2.05, 4.69) is 15.0 Å². The number of para-hydroxylation sites is 1. The third-order valence-corrected chi connectivity index (χ3v) is 4.38. The number of rotatable bonds is 3. The van der Waals surface area contributed by atoms with Gasteiger partial charge in [-0.05, 0) is 24.3 Å². The molecule has 1 saturated heterocycles. The number of aliphatic hydroxyl groups is 1. The van der Waals surface area contributed by atoms with Gasteiger partial charge < -0.3 is 15.7 Å². The van der Waals surface area contributed by atoms with Gasteiger partial charge in [0.05, 0.1) is 11.6 Å². The Morgan fingerprint density at radius 3 is 2.80 bits per heavy atom. The van der Waals surface area contributed by atoms with Crippen molar-refractivity contribution >= 4 is 22.6 Å². The number of hydrogen-bond acceptors (Lipinski definition) is 6. The fraction of sp³-hybridized carbons (Fsp3) is 0.222. The summed E-state index contributed by atoms with van der Waals surface area (Å²) in [5.74, 6) is 0.651. The van der Waals surface area contributed by atoms with Crippen molar-refractivity contribution in [3.05, 3.63) is 48.8 Å². The summed E-state index contributed by atoms with van der Waals surface area (Å²) in [7, 11) is 0. The van der Waals surface area contributed by atoms with Crippen LogP contribution in [0, 0.1) is 0 Å². The maximum absolute atomic E-state index is 11.8. The number of nitrogens with two attached hydrogens (primary N) is 1. The molecule has 1 aliphatic rings. The molecule has 3 heterocycles. The van der Waals surface area contributed by atoms with Crippen molar-refractivity contribution in [2.75, 3.05) is 11.4 Å². The highest BCUT2D eigenvalue weighted by Crippen LogP contribution is 2.32. The number of aromatic nitrogens is 3. The molecule has 25 heavy (non-hydrogen) atoms. The molecule has 2 atom stereocenters. The Morgan fingerprint density at radius 1 is 1.20 bits per heavy atom. The van der Waals surface area contributed by atoms with Gasteiger partial charge in [0.2, 0.25) is 5.91 Å². The van der Waals surface area contributed by atoms with Gasteiger partial charge in [-0.15, -0.1) is 0 Å². The van der Waals surface area contributed by atoms with E-state index in [0.717, 1.165) is 16.5 Å². The Bertz CT molecular complexity index is 931. The molecular weight excluding hydrogens is 318 g/mol. The molecule has 1 aromatic carbocycles. The van der Waals surface area contributed by atoms with Gasteiger partial charge in [-0.1, -0.05) is 12.1 Å². The number of anilines is 1. The molecule has 1 aliphatic heterocycles. The van der Waals surface area contributed by atoms with E-state index in [9.17, 15) is 9.90 Å². The van der Waals surface area contributed by atoms with Gasteiger partial charge in [-0.3, -0.25) is 9.78 Å². The van der Waals surface area contributed by atoms with Crippen LogP contribution in [0.1, 0.15) is 6.42 Å². The largest absolute Gasteiger partial charge is 0.391 e. The Morgan fingerprint density at radius 2 is 2.04 bits per heavy atom. The average Bonchev–Trinajstić information content (AvgIpc) is 3.03. The molecule has 3 aromatic rings. The predicted molar refractivity (Wildman–Crippen MR) is 93.7 cm³/mol. The van der Waals surface area contributed by atoms with Gasteiger partial charge in [0.1, 0.15) is 11.9 Å². The number of hydrogen-bond donors (Lipinski definition) is 2. The van der Waals surface area contributed by atoms with Gasteiger partial charge in [-0.2, -0.15) is 0 Å². The van der Waals surface area contributed by atoms with E-state index in [1.165, 1.54) is 0 Å². The van der Waals surface area contributed by atoms with Gasteiger partial charge in [0.25, 0.3) is 0 Å². The lowest BCUT2D eigenvalue weighted by molar-refractivity contribution is -0.119. The van der Waals surface area contributed by atoms with E-state index >= 15 is 0 Å². The SMILES string of the molecule is NC(=O)[C@H]1C[C@@H](O)CN1c1nc(-c2cccnc2)nc2ccccc12. The van der Waals surface area contributed by atoms with Crippen molar-refractivity contribution < 1.29 is 9.90 Å². The summed E-state index contributed by atoms with van der Waals surface area (Å²) in [4.78, 5) is 27.0. The van der Waals surface area contributed by atoms with Crippen LogP contribution in [-0.4, -0.2) is 44.7 Å². The van der Waals surface area contributed by atoms with Gasteiger partial charge in [-0.25, -0.2) is 9.97 Å². The summed E-state index contributed by atoms with van der Waals surface area (Å²) < 4.78 is 0. The van der Waals surface area contributed by atoms with Gasteiger partial charge in [0.15, 0.2) is 5.82 Å². The number of carbonyl (C=O) groups excluding carboxylic acids is 1. The Kier molecular flexibility index (Phi) is 3.77. The van der Waals surface area contributed by atoms with E-state index in [4.69, 9.17) is 5.73 Å². The topological polar surface area (TPSA) is 105 Å². The number of nitrogens with zero attached hydrogens (tertiary/aromatic N) is 4. The minimum Gasteiger partial charge on any atom is -0.391 e. The second-order valence-electron chi connectivity index (χ2n) is 6.09. The molecule has 7 heteroatoms. The second-order valence-corrected chi connectivity index (χ2v) is 6.09. The molecule has 0 unspecified atom stereocenters. The van der Waals surface area contributed by atoms with Crippen LogP contribution >= 0.6 is 0 Å². The first-order valence-electron chi connectivity index (χ1n) is 8.04. The fourth-order valence-corrected chi connectivity index (χ4v) is 3.22. The summed E-state index contributed by atoms with van der Waals surface area (Å²) in [5.41, 5.74) is 7.08. The smallest absolute Gasteiger partial charge is 0.240 e. The highest BCUT2D eigenvalue weighted by atomic mass is 16.3. The van der Waals surface area contributed by atoms with Crippen LogP contribution < -0.4 is 10.6 Å². The van der Waals surface area contributed by atoms with E-state index in [1.54, 1.807) is 17.3 Å². The van der Waals surface area contributed by atoms with Gasteiger partial charge in [0, 0.05) is 36.3 Å². The Labute approximate surface area is 144 Å². The van der Waals surface area contributed by atoms with E-state index in [-0.39, 0.29) is 0 Å². The number of pyridine rings is 1. The van der Waals surface area contributed by atoms with Crippen LogP contribution in [0.15, 0.2) is 48.8 Å². The van der Waals surface area contributed by atoms with Gasteiger partial charge >= 0.3 is 0 Å². The lowest BCUT2D eigenvalue weighted by Crippen LogP contribution is -2.41. The molecule has 7 nitrogen and oxygen atoms in total. The van der Waals surface area contributed by atoms with Crippen LogP contribution in [0.3, 0.4) is 0 Å². The number of β-amino-alcohol motifs (C(OH)–C–C–N with tert-alkyl or cyclic N) is 1. The third kappa shape index (κ3) is 2.78. The first-order chi connectivity index (χ1) is 12.1. The monoisotopic (exact) mass is 335 g/mol. The molecule has 4 rings (SSSR count). The first kappa shape index (κ1) is 15.5. The Balaban J connectivity index is 1.91. The molecule has 3 N–H and O–H groups in total. The Hall–Kier alpha value is -3.06. The number of carbonyl (C=O) groups is 1. The van der Waals surface area contributed by atoms with E-state index < -0.39 is 18.1 Å². The highest BCUT2D eigenvalue weighted by molar-refractivity contribution is 5.94. The van der Waals surface area contributed by atoms with E-state index in [1.807, 2.05) is 36.4 Å². The maximum Gasteiger partial charge on any atom is 0.240 e. The molecular formula is C18H17N5O2. The number of aliphatic hydroxyl groups excluding tert-OH is 1. The summed E-state index contributed by atoms with van der Waals surface area (Å²) in [6, 6.07) is 10.7. The van der Waals surface area contributed by atoms with Crippen LogP contribution in [0.2, 0.25) is 0 Å². The molecule has 0 spiro atoms. The summed E-state index contributed by atoms with van der Waals surface area (Å²) in [5, 5.41) is 10.9. The zero-order chi connectivity index (χ0) is 17.4. The van der Waals surface area contributed by atoms with Crippen LogP contribution in [0.25, 0.3) is 22.3 Å². The third-order valence-electron chi connectivity index (χ3n) is 4.38. The first-order valence-corrected chi connectivity index (χ1v) is 8.04. The number of primary amides is 1. The number of amides is 1. The van der Waals surface area contributed by atoms with Crippen LogP contribution in [0.4, 0.5) is 5.82 Å². The van der Waals surface area contributed by atoms with Crippen molar-refractivity contribution in [2.45, 2.75) is 18.6 Å². The average molecular weight is 335 g/mol. The van der Waals surface area contributed by atoms with E-state index in [0.29, 0.717) is 24.6 Å². The van der Waals surface area contributed by atoms with Crippen molar-refractivity contribution in [3.8, 4) is 11.4 Å². The van der Waals surface area contributed by atoms with Crippen molar-refractivity contribution in [1.82, 2.24) is 15.0 Å². The molecule has 0 aliphatic carbocycles. The number of benzene rings is 1. The van der Waals surface area contributed by atoms with Crippen LogP contribution in [0.5, 0.6) is 0 Å². The highest BCUT2D eigenvalue weighted by Gasteiger charge is 2.36. The molecule has 0 saturated carbocycles. The standard InChI is InChI=1S/C18H17N5O2/c19-16(25)15-8-12(24)10-23(15)18-13-5-1-2-6-14(13)21-17(22-18)11-4-3-7-20-9-11/h1-7,9,12,15,24H,8,10H2,(H2,19,25)/t12-,15-/m1/s1. The molecule has 0 radical (unpaired) electrons. The molecule has 1 amide bonds. The number of fused-ring (bicyclic) bond motifs is 1. The molecule has 1 fully saturated rings. The van der Waals surface area contributed by atoms with Crippen molar-refractivity contribution in [1.29, 1.82) is 0 Å². The summed E-state index contributed by atoms with van der Waals surface area (Å²) in [6.45, 7) is 0.307. The minimum absolute atomic E-state index is 0.301. The maximum atomic E-state index is 11.8. The van der Waals surface area contributed by atoms with Crippen LogP contribution in [-0.2, 0) is 4.79 Å². The molecule has 0 bridgehead atoms. The van der Waals surface area contributed by atoms with Crippen molar-refractivity contribution in [2.24, 2.45) is 5.73 Å². The molecule has 2 aromatic heterocycles. The van der Waals surface area contributed by atoms with Crippen molar-refractivity contribution in [3.63, 3.8) is 0 Å². The predicted octanol–water partition coefficient (Wildman–Crippen LogP) is 1.12. The lowest BCUT2D eigenvalue weighted by Gasteiger charge is -2.24. The second kappa shape index (κ2) is 6.10.